The van der Waals surface area contributed by atoms with Gasteiger partial charge in [-0.15, -0.1) is 0 Å². The van der Waals surface area contributed by atoms with E-state index in [0.29, 0.717) is 5.92 Å². The van der Waals surface area contributed by atoms with Crippen LogP contribution in [0.3, 0.4) is 0 Å². The molecule has 1 fully saturated rings. The predicted molar refractivity (Wildman–Crippen MR) is 64.9 cm³/mol. The first-order valence-electron chi connectivity index (χ1n) is 6.32. The molecule has 0 spiro atoms. The van der Waals surface area contributed by atoms with E-state index < -0.39 is 0 Å². The van der Waals surface area contributed by atoms with Gasteiger partial charge in [-0.25, -0.2) is 0 Å². The maximum atomic E-state index is 9.74. The quantitative estimate of drug-likeness (QED) is 0.755. The molecule has 0 aromatic rings. The summed E-state index contributed by atoms with van der Waals surface area (Å²) >= 11 is 0. The highest BCUT2D eigenvalue weighted by Gasteiger charge is 2.44. The fourth-order valence-corrected chi connectivity index (χ4v) is 3.31. The van der Waals surface area contributed by atoms with Crippen molar-refractivity contribution in [2.24, 2.45) is 11.3 Å². The second-order valence-corrected chi connectivity index (χ2v) is 6.01. The van der Waals surface area contributed by atoms with Crippen LogP contribution in [0, 0.1) is 11.3 Å². The normalized spacial score (nSPS) is 33.0. The van der Waals surface area contributed by atoms with Crippen molar-refractivity contribution in [3.8, 4) is 0 Å². The van der Waals surface area contributed by atoms with E-state index in [9.17, 15) is 5.11 Å². The molecule has 0 saturated heterocycles. The first-order chi connectivity index (χ1) is 6.96. The maximum Gasteiger partial charge on any atom is 0.0616 e. The van der Waals surface area contributed by atoms with Crippen LogP contribution >= 0.6 is 0 Å². The minimum atomic E-state index is -0.0226. The largest absolute Gasteiger partial charge is 0.394 e. The first-order valence-corrected chi connectivity index (χ1v) is 6.32. The third kappa shape index (κ3) is 2.73. The van der Waals surface area contributed by atoms with E-state index in [0.717, 1.165) is 13.0 Å². The van der Waals surface area contributed by atoms with Gasteiger partial charge < -0.3 is 10.4 Å². The summed E-state index contributed by atoms with van der Waals surface area (Å²) in [4.78, 5) is 0. The third-order valence-corrected chi connectivity index (χ3v) is 3.89. The van der Waals surface area contributed by atoms with Crippen molar-refractivity contribution in [3.63, 3.8) is 0 Å². The van der Waals surface area contributed by atoms with Gasteiger partial charge in [0.1, 0.15) is 0 Å². The maximum absolute atomic E-state index is 9.74. The predicted octanol–water partition coefficient (Wildman–Crippen LogP) is 2.56. The number of nitrogens with one attached hydrogen (secondary N) is 1. The minimum absolute atomic E-state index is 0.0226. The van der Waals surface area contributed by atoms with Crippen molar-refractivity contribution in [1.29, 1.82) is 0 Å². The zero-order chi connectivity index (χ0) is 11.5. The van der Waals surface area contributed by atoms with Gasteiger partial charge in [-0.1, -0.05) is 40.5 Å². The summed E-state index contributed by atoms with van der Waals surface area (Å²) < 4.78 is 0. The lowest BCUT2D eigenvalue weighted by molar-refractivity contribution is 0.00898. The summed E-state index contributed by atoms with van der Waals surface area (Å²) in [6.07, 6.45) is 4.94. The monoisotopic (exact) mass is 213 g/mol. The SMILES string of the molecule is CCNC1(CO)CCCCC1C(C)(C)C. The van der Waals surface area contributed by atoms with Crippen LogP contribution in [0.15, 0.2) is 0 Å². The molecule has 1 aliphatic rings. The van der Waals surface area contributed by atoms with Gasteiger partial charge in [0.2, 0.25) is 0 Å². The van der Waals surface area contributed by atoms with Crippen LogP contribution in [0.4, 0.5) is 0 Å². The Morgan fingerprint density at radius 3 is 2.47 bits per heavy atom. The van der Waals surface area contributed by atoms with Crippen LogP contribution < -0.4 is 5.32 Å². The molecule has 0 amide bonds. The Hall–Kier alpha value is -0.0800. The molecule has 0 aromatic heterocycles. The molecule has 0 heterocycles. The smallest absolute Gasteiger partial charge is 0.0616 e. The fourth-order valence-electron chi connectivity index (χ4n) is 3.31. The van der Waals surface area contributed by atoms with E-state index >= 15 is 0 Å². The molecule has 90 valence electrons. The molecule has 2 unspecified atom stereocenters. The van der Waals surface area contributed by atoms with Gasteiger partial charge in [-0.2, -0.15) is 0 Å². The van der Waals surface area contributed by atoms with Crippen LogP contribution in [-0.2, 0) is 0 Å². The van der Waals surface area contributed by atoms with E-state index in [1.165, 1.54) is 19.3 Å². The van der Waals surface area contributed by atoms with Gasteiger partial charge in [-0.05, 0) is 30.7 Å². The Morgan fingerprint density at radius 2 is 2.00 bits per heavy atom. The van der Waals surface area contributed by atoms with Crippen LogP contribution in [-0.4, -0.2) is 23.8 Å². The van der Waals surface area contributed by atoms with Crippen molar-refractivity contribution in [2.75, 3.05) is 13.2 Å². The van der Waals surface area contributed by atoms with E-state index in [2.05, 4.69) is 33.0 Å². The van der Waals surface area contributed by atoms with Crippen LogP contribution in [0.5, 0.6) is 0 Å². The molecule has 2 nitrogen and oxygen atoms in total. The van der Waals surface area contributed by atoms with Crippen molar-refractivity contribution in [3.05, 3.63) is 0 Å². The summed E-state index contributed by atoms with van der Waals surface area (Å²) in [6, 6.07) is 0. The van der Waals surface area contributed by atoms with Crippen molar-refractivity contribution in [2.45, 2.75) is 58.9 Å². The summed E-state index contributed by atoms with van der Waals surface area (Å²) in [5.41, 5.74) is 0.260. The van der Waals surface area contributed by atoms with E-state index in [4.69, 9.17) is 0 Å². The summed E-state index contributed by atoms with van der Waals surface area (Å²) in [6.45, 7) is 10.3. The van der Waals surface area contributed by atoms with Gasteiger partial charge in [0, 0.05) is 5.54 Å². The zero-order valence-corrected chi connectivity index (χ0v) is 10.8. The lowest BCUT2D eigenvalue weighted by atomic mass is 9.62. The molecule has 0 aliphatic heterocycles. The molecular formula is C13H27NO. The van der Waals surface area contributed by atoms with Gasteiger partial charge in [0.15, 0.2) is 0 Å². The molecule has 1 rings (SSSR count). The molecular weight excluding hydrogens is 186 g/mol. The van der Waals surface area contributed by atoms with Crippen LogP contribution in [0.2, 0.25) is 0 Å². The van der Waals surface area contributed by atoms with Gasteiger partial charge in [0.25, 0.3) is 0 Å². The van der Waals surface area contributed by atoms with E-state index in [1.807, 2.05) is 0 Å². The lowest BCUT2D eigenvalue weighted by Crippen LogP contribution is -2.59. The molecule has 0 radical (unpaired) electrons. The highest BCUT2D eigenvalue weighted by molar-refractivity contribution is 5.00. The number of aliphatic hydroxyl groups is 1. The van der Waals surface area contributed by atoms with E-state index in [1.54, 1.807) is 0 Å². The summed E-state index contributed by atoms with van der Waals surface area (Å²) in [7, 11) is 0. The molecule has 0 bridgehead atoms. The molecule has 2 N–H and O–H groups in total. The number of aliphatic hydroxyl groups excluding tert-OH is 1. The van der Waals surface area contributed by atoms with Gasteiger partial charge >= 0.3 is 0 Å². The molecule has 0 aromatic carbocycles. The Morgan fingerprint density at radius 1 is 1.33 bits per heavy atom. The first kappa shape index (κ1) is 13.0. The molecule has 2 heteroatoms. The van der Waals surface area contributed by atoms with Crippen molar-refractivity contribution < 1.29 is 5.11 Å². The number of hydrogen-bond donors (Lipinski definition) is 2. The third-order valence-electron chi connectivity index (χ3n) is 3.89. The molecule has 1 aliphatic carbocycles. The van der Waals surface area contributed by atoms with Crippen LogP contribution in [0.1, 0.15) is 53.4 Å². The molecule has 2 atom stereocenters. The number of likely N-dealkylation sites (N-methyl/N-ethyl adjacent to an activating group) is 1. The zero-order valence-electron chi connectivity index (χ0n) is 10.8. The van der Waals surface area contributed by atoms with Gasteiger partial charge in [0.05, 0.1) is 6.61 Å². The Balaban J connectivity index is 2.88. The minimum Gasteiger partial charge on any atom is -0.394 e. The van der Waals surface area contributed by atoms with Crippen molar-refractivity contribution >= 4 is 0 Å². The Bertz CT molecular complexity index is 193. The average Bonchev–Trinajstić information content (AvgIpc) is 2.17. The Kier molecular flexibility index (Phi) is 4.19. The summed E-state index contributed by atoms with van der Waals surface area (Å²) in [5, 5.41) is 13.3. The average molecular weight is 213 g/mol. The highest BCUT2D eigenvalue weighted by atomic mass is 16.3. The van der Waals surface area contributed by atoms with Crippen LogP contribution in [0.25, 0.3) is 0 Å². The molecule has 1 saturated carbocycles. The number of hydrogen-bond acceptors (Lipinski definition) is 2. The standard InChI is InChI=1S/C13H27NO/c1-5-14-13(10-15)9-7-6-8-11(13)12(2,3)4/h11,14-15H,5-10H2,1-4H3. The van der Waals surface area contributed by atoms with Gasteiger partial charge in [-0.3, -0.25) is 0 Å². The Labute approximate surface area is 94.5 Å². The number of rotatable bonds is 3. The summed E-state index contributed by atoms with van der Waals surface area (Å²) in [5.74, 6) is 0.587. The second kappa shape index (κ2) is 4.84. The van der Waals surface area contributed by atoms with Crippen molar-refractivity contribution in [1.82, 2.24) is 5.32 Å². The topological polar surface area (TPSA) is 32.3 Å². The highest BCUT2D eigenvalue weighted by Crippen LogP contribution is 2.44. The molecule has 15 heavy (non-hydrogen) atoms. The lowest BCUT2D eigenvalue weighted by Gasteiger charge is -2.49. The second-order valence-electron chi connectivity index (χ2n) is 6.01. The van der Waals surface area contributed by atoms with E-state index in [-0.39, 0.29) is 17.6 Å². The fraction of sp³-hybridized carbons (Fsp3) is 1.00.